The van der Waals surface area contributed by atoms with Gasteiger partial charge in [-0.15, -0.1) is 0 Å². The summed E-state index contributed by atoms with van der Waals surface area (Å²) in [6.45, 7) is 2.10. The molecule has 2 aromatic carbocycles. The fraction of sp³-hybridized carbons (Fsp3) is 0.333. The maximum Gasteiger partial charge on any atom is 1.00 e. The van der Waals surface area contributed by atoms with E-state index in [-0.39, 0.29) is 67.8 Å². The molecule has 0 aliphatic carbocycles. The van der Waals surface area contributed by atoms with Crippen LogP contribution >= 0.6 is 0 Å². The smallest absolute Gasteiger partial charge is 0.870 e. The quantitative estimate of drug-likeness (QED) is 0.413. The van der Waals surface area contributed by atoms with E-state index in [1.54, 1.807) is 24.3 Å². The topological polar surface area (TPSA) is 86.7 Å². The minimum Gasteiger partial charge on any atom is -0.870 e. The second-order valence-electron chi connectivity index (χ2n) is 5.60. The fourth-order valence-electron chi connectivity index (χ4n) is 2.47. The van der Waals surface area contributed by atoms with E-state index in [4.69, 9.17) is 4.74 Å². The Labute approximate surface area is 191 Å². The molecule has 25 heavy (non-hydrogen) atoms. The van der Waals surface area contributed by atoms with Crippen LogP contribution in [-0.2, 0) is 16.5 Å². The predicted octanol–water partition coefficient (Wildman–Crippen LogP) is 0.926. The van der Waals surface area contributed by atoms with E-state index in [1.807, 2.05) is 0 Å². The molecule has 5 nitrogen and oxygen atoms in total. The molecule has 0 fully saturated rings. The minimum absolute atomic E-state index is 0. The van der Waals surface area contributed by atoms with Crippen LogP contribution in [0.25, 0.3) is 0 Å². The van der Waals surface area contributed by atoms with E-state index < -0.39 is 10.1 Å². The molecule has 0 aliphatic rings. The van der Waals surface area contributed by atoms with Crippen LogP contribution in [0.4, 0.5) is 0 Å². The van der Waals surface area contributed by atoms with Crippen molar-refractivity contribution in [2.45, 2.75) is 43.9 Å². The molecule has 0 saturated carbocycles. The van der Waals surface area contributed by atoms with Crippen LogP contribution in [0.3, 0.4) is 0 Å². The number of hydrogen-bond donors (Lipinski definition) is 1. The molecule has 0 aromatic heterocycles. The average molecular weight is 389 g/mol. The van der Waals surface area contributed by atoms with E-state index in [0.29, 0.717) is 17.7 Å². The van der Waals surface area contributed by atoms with E-state index in [9.17, 15) is 18.1 Å². The predicted molar refractivity (Wildman–Crippen MR) is 90.1 cm³/mol. The van der Waals surface area contributed by atoms with E-state index in [1.165, 1.54) is 18.2 Å². The van der Waals surface area contributed by atoms with Gasteiger partial charge in [-0.2, -0.15) is 8.42 Å². The zero-order valence-corrected chi connectivity index (χ0v) is 18.5. The third kappa shape index (κ3) is 7.01. The summed E-state index contributed by atoms with van der Waals surface area (Å²) in [6.07, 6.45) is 4.47. The number of para-hydroxylation sites is 2. The van der Waals surface area contributed by atoms with Gasteiger partial charge in [0.2, 0.25) is 0 Å². The van der Waals surface area contributed by atoms with Crippen molar-refractivity contribution >= 4 is 10.1 Å². The Bertz CT molecular complexity index is 790. The van der Waals surface area contributed by atoms with Gasteiger partial charge in [0.25, 0.3) is 10.1 Å². The molecule has 0 atom stereocenters. The molecule has 0 spiro atoms. The number of aryl methyl sites for hydroxylation is 1. The zero-order valence-electron chi connectivity index (χ0n) is 14.6. The normalized spacial score (nSPS) is 11.0. The molecule has 2 rings (SSSR count). The van der Waals surface area contributed by atoms with Gasteiger partial charge in [-0.25, -0.2) is 0 Å². The van der Waals surface area contributed by atoms with Crippen LogP contribution < -0.4 is 61.2 Å². The van der Waals surface area contributed by atoms with Gasteiger partial charge in [-0.05, 0) is 42.7 Å². The molecule has 0 bridgehead atoms. The molecule has 130 valence electrons. The Morgan fingerprint density at radius 1 is 1.08 bits per heavy atom. The van der Waals surface area contributed by atoms with Gasteiger partial charge < -0.3 is 9.84 Å². The summed E-state index contributed by atoms with van der Waals surface area (Å²) in [5.41, 5.74) is 0.495. The molecule has 0 radical (unpaired) electrons. The Morgan fingerprint density at radius 3 is 2.44 bits per heavy atom. The van der Waals surface area contributed by atoms with Gasteiger partial charge >= 0.3 is 51.4 Å². The van der Waals surface area contributed by atoms with E-state index in [2.05, 4.69) is 6.92 Å². The van der Waals surface area contributed by atoms with Gasteiger partial charge in [0.1, 0.15) is 11.5 Å². The number of ether oxygens (including phenoxy) is 1. The number of unbranched alkanes of at least 4 members (excludes halogenated alkanes) is 3. The maximum atomic E-state index is 11.7. The van der Waals surface area contributed by atoms with Crippen LogP contribution in [0.5, 0.6) is 17.2 Å². The molecule has 0 heterocycles. The monoisotopic (exact) mass is 388 g/mol. The van der Waals surface area contributed by atoms with Crippen LogP contribution in [0, 0.1) is 0 Å². The third-order valence-corrected chi connectivity index (χ3v) is 4.64. The largest absolute Gasteiger partial charge is 1.00 e. The first kappa shape index (κ1) is 22.6. The zero-order chi connectivity index (χ0) is 17.6. The summed E-state index contributed by atoms with van der Waals surface area (Å²) in [4.78, 5) is -0.109. The SMILES string of the molecule is CCCCCCc1cc(Oc2ccccc2[O-])ccc1S(=O)(=O)O.[K+]. The Kier molecular flexibility index (Phi) is 9.65. The molecule has 1 N–H and O–H groups in total. The van der Waals surface area contributed by atoms with Crippen LogP contribution in [-0.4, -0.2) is 13.0 Å². The molecule has 7 heteroatoms. The number of hydrogen-bond acceptors (Lipinski definition) is 4. The van der Waals surface area contributed by atoms with Crippen LogP contribution in [0.2, 0.25) is 0 Å². The molecule has 0 saturated heterocycles. The van der Waals surface area contributed by atoms with Gasteiger partial charge in [0.05, 0.1) is 4.90 Å². The van der Waals surface area contributed by atoms with Gasteiger partial charge in [0.15, 0.2) is 0 Å². The minimum atomic E-state index is -4.29. The molecule has 0 unspecified atom stereocenters. The number of benzene rings is 2. The van der Waals surface area contributed by atoms with Crippen molar-refractivity contribution in [2.75, 3.05) is 0 Å². The van der Waals surface area contributed by atoms with Crippen LogP contribution in [0.1, 0.15) is 38.2 Å². The van der Waals surface area contributed by atoms with Gasteiger partial charge in [-0.3, -0.25) is 4.55 Å². The van der Waals surface area contributed by atoms with Gasteiger partial charge in [-0.1, -0.05) is 50.1 Å². The van der Waals surface area contributed by atoms with Crippen LogP contribution in [0.15, 0.2) is 47.4 Å². The Balaban J connectivity index is 0.00000312. The summed E-state index contributed by atoms with van der Waals surface area (Å²) < 4.78 is 38.0. The molecule has 0 amide bonds. The Hall–Kier alpha value is -0.414. The summed E-state index contributed by atoms with van der Waals surface area (Å²) in [6, 6.07) is 10.6. The summed E-state index contributed by atoms with van der Waals surface area (Å²) >= 11 is 0. The van der Waals surface area contributed by atoms with Crippen molar-refractivity contribution in [3.8, 4) is 17.2 Å². The summed E-state index contributed by atoms with van der Waals surface area (Å²) in [7, 11) is -4.29. The summed E-state index contributed by atoms with van der Waals surface area (Å²) in [5, 5.41) is 11.7. The fourth-order valence-corrected chi connectivity index (χ4v) is 3.20. The van der Waals surface area contributed by atoms with E-state index in [0.717, 1.165) is 25.7 Å². The molecular weight excluding hydrogens is 367 g/mol. The second-order valence-corrected chi connectivity index (χ2v) is 6.99. The maximum absolute atomic E-state index is 11.7. The van der Waals surface area contributed by atoms with Crippen molar-refractivity contribution in [3.05, 3.63) is 48.0 Å². The first-order valence-corrected chi connectivity index (χ1v) is 9.40. The number of rotatable bonds is 8. The van der Waals surface area contributed by atoms with Crippen molar-refractivity contribution < 1.29 is 74.2 Å². The molecule has 2 aromatic rings. The average Bonchev–Trinajstić information content (AvgIpc) is 2.53. The standard InChI is InChI=1S/C18H22O5S.K/c1-2-3-4-5-8-14-13-15(11-12-18(14)24(20,21)22)23-17-10-7-6-9-16(17)19;/h6-7,9-13,19H,2-5,8H2,1H3,(H,20,21,22);/q;+1/p-1. The first-order valence-electron chi connectivity index (χ1n) is 7.96. The molecule has 0 aliphatic heterocycles. The van der Waals surface area contributed by atoms with Gasteiger partial charge in [0, 0.05) is 0 Å². The van der Waals surface area contributed by atoms with Crippen molar-refractivity contribution in [1.82, 2.24) is 0 Å². The third-order valence-electron chi connectivity index (χ3n) is 3.69. The van der Waals surface area contributed by atoms with Crippen molar-refractivity contribution in [3.63, 3.8) is 0 Å². The second kappa shape index (κ2) is 10.7. The van der Waals surface area contributed by atoms with Crippen molar-refractivity contribution in [1.29, 1.82) is 0 Å². The van der Waals surface area contributed by atoms with E-state index >= 15 is 0 Å². The summed E-state index contributed by atoms with van der Waals surface area (Å²) in [5.74, 6) is 0.297. The molecular formula is C18H21KO5S. The van der Waals surface area contributed by atoms with Crippen molar-refractivity contribution in [2.24, 2.45) is 0 Å². The Morgan fingerprint density at radius 2 is 1.80 bits per heavy atom. The first-order chi connectivity index (χ1) is 11.4.